The fourth-order valence-electron chi connectivity index (χ4n) is 2.09. The van der Waals surface area contributed by atoms with Gasteiger partial charge in [-0.05, 0) is 24.6 Å². The van der Waals surface area contributed by atoms with E-state index in [1.54, 1.807) is 6.07 Å². The fourth-order valence-corrected chi connectivity index (χ4v) is 2.09. The second kappa shape index (κ2) is 5.27. The number of aldehydes is 1. The lowest BCUT2D eigenvalue weighted by atomic mass is 10.1. The Morgan fingerprint density at radius 2 is 2.41 bits per heavy atom. The SMILES string of the molecule is CCC1CN(c2ccc(F)cc2C=O)CCO1. The maximum atomic E-state index is 13.0. The van der Waals surface area contributed by atoms with Crippen LogP contribution in [0.2, 0.25) is 0 Å². The first-order valence-corrected chi connectivity index (χ1v) is 5.86. The zero-order chi connectivity index (χ0) is 12.3. The largest absolute Gasteiger partial charge is 0.375 e. The van der Waals surface area contributed by atoms with Crippen molar-refractivity contribution in [1.82, 2.24) is 0 Å². The molecule has 1 aromatic rings. The predicted molar refractivity (Wildman–Crippen MR) is 64.0 cm³/mol. The van der Waals surface area contributed by atoms with E-state index in [4.69, 9.17) is 4.74 Å². The van der Waals surface area contributed by atoms with Crippen LogP contribution < -0.4 is 4.90 Å². The summed E-state index contributed by atoms with van der Waals surface area (Å²) < 4.78 is 18.6. The van der Waals surface area contributed by atoms with Crippen LogP contribution in [0.3, 0.4) is 0 Å². The third-order valence-corrected chi connectivity index (χ3v) is 3.05. The molecule has 1 atom stereocenters. The first-order valence-electron chi connectivity index (χ1n) is 5.86. The van der Waals surface area contributed by atoms with Gasteiger partial charge < -0.3 is 9.64 Å². The molecule has 1 heterocycles. The van der Waals surface area contributed by atoms with Gasteiger partial charge in [0.1, 0.15) is 5.82 Å². The number of ether oxygens (including phenoxy) is 1. The van der Waals surface area contributed by atoms with Crippen LogP contribution in [-0.2, 0) is 4.74 Å². The molecule has 17 heavy (non-hydrogen) atoms. The highest BCUT2D eigenvalue weighted by atomic mass is 19.1. The van der Waals surface area contributed by atoms with Gasteiger partial charge in [0.2, 0.25) is 0 Å². The van der Waals surface area contributed by atoms with Gasteiger partial charge in [0.25, 0.3) is 0 Å². The maximum Gasteiger partial charge on any atom is 0.152 e. The zero-order valence-corrected chi connectivity index (χ0v) is 9.86. The number of hydrogen-bond acceptors (Lipinski definition) is 3. The molecule has 0 radical (unpaired) electrons. The third kappa shape index (κ3) is 2.64. The summed E-state index contributed by atoms with van der Waals surface area (Å²) >= 11 is 0. The van der Waals surface area contributed by atoms with Crippen molar-refractivity contribution in [3.05, 3.63) is 29.6 Å². The van der Waals surface area contributed by atoms with Gasteiger partial charge in [-0.25, -0.2) is 4.39 Å². The van der Waals surface area contributed by atoms with E-state index >= 15 is 0 Å². The van der Waals surface area contributed by atoms with Crippen LogP contribution in [0, 0.1) is 5.82 Å². The van der Waals surface area contributed by atoms with Crippen molar-refractivity contribution in [2.75, 3.05) is 24.6 Å². The van der Waals surface area contributed by atoms with E-state index < -0.39 is 0 Å². The Morgan fingerprint density at radius 1 is 1.59 bits per heavy atom. The summed E-state index contributed by atoms with van der Waals surface area (Å²) in [6.45, 7) is 4.21. The Hall–Kier alpha value is -1.42. The minimum absolute atomic E-state index is 0.188. The normalized spacial score (nSPS) is 20.4. The van der Waals surface area contributed by atoms with Gasteiger partial charge in [0.15, 0.2) is 6.29 Å². The van der Waals surface area contributed by atoms with E-state index in [0.29, 0.717) is 18.5 Å². The smallest absolute Gasteiger partial charge is 0.152 e. The van der Waals surface area contributed by atoms with Gasteiger partial charge in [-0.1, -0.05) is 6.92 Å². The lowest BCUT2D eigenvalue weighted by Crippen LogP contribution is -2.42. The molecular weight excluding hydrogens is 221 g/mol. The van der Waals surface area contributed by atoms with Gasteiger partial charge in [0.05, 0.1) is 12.7 Å². The molecule has 0 amide bonds. The van der Waals surface area contributed by atoms with Crippen molar-refractivity contribution < 1.29 is 13.9 Å². The minimum atomic E-state index is -0.379. The van der Waals surface area contributed by atoms with Crippen LogP contribution in [0.5, 0.6) is 0 Å². The van der Waals surface area contributed by atoms with Crippen LogP contribution in [0.4, 0.5) is 10.1 Å². The van der Waals surface area contributed by atoms with Gasteiger partial charge in [0, 0.05) is 24.3 Å². The zero-order valence-electron chi connectivity index (χ0n) is 9.86. The molecule has 4 heteroatoms. The van der Waals surface area contributed by atoms with Gasteiger partial charge in [-0.3, -0.25) is 4.79 Å². The molecule has 0 N–H and O–H groups in total. The summed E-state index contributed by atoms with van der Waals surface area (Å²) in [4.78, 5) is 13.0. The van der Waals surface area contributed by atoms with Crippen LogP contribution in [0.15, 0.2) is 18.2 Å². The second-order valence-electron chi connectivity index (χ2n) is 4.17. The molecule has 0 aromatic heterocycles. The molecule has 1 saturated heterocycles. The summed E-state index contributed by atoms with van der Waals surface area (Å²) in [6, 6.07) is 4.33. The number of morpholine rings is 1. The molecule has 1 aromatic carbocycles. The number of benzene rings is 1. The molecule has 2 rings (SSSR count). The topological polar surface area (TPSA) is 29.5 Å². The van der Waals surface area contributed by atoms with Crippen LogP contribution >= 0.6 is 0 Å². The molecule has 92 valence electrons. The van der Waals surface area contributed by atoms with Crippen molar-refractivity contribution >= 4 is 12.0 Å². The van der Waals surface area contributed by atoms with Crippen LogP contribution in [-0.4, -0.2) is 32.1 Å². The highest BCUT2D eigenvalue weighted by Gasteiger charge is 2.21. The molecule has 0 aliphatic carbocycles. The average molecular weight is 237 g/mol. The third-order valence-electron chi connectivity index (χ3n) is 3.05. The van der Waals surface area contributed by atoms with Crippen molar-refractivity contribution in [2.45, 2.75) is 19.4 Å². The molecule has 0 bridgehead atoms. The van der Waals surface area contributed by atoms with Crippen molar-refractivity contribution in [3.8, 4) is 0 Å². The Labute approximate surface area is 100 Å². The van der Waals surface area contributed by atoms with E-state index in [-0.39, 0.29) is 11.9 Å². The molecule has 3 nitrogen and oxygen atoms in total. The van der Waals surface area contributed by atoms with Crippen LogP contribution in [0.1, 0.15) is 23.7 Å². The molecular formula is C13H16FNO2. The summed E-state index contributed by atoms with van der Waals surface area (Å²) in [5, 5.41) is 0. The highest BCUT2D eigenvalue weighted by molar-refractivity contribution is 5.84. The Bertz CT molecular complexity index is 408. The van der Waals surface area contributed by atoms with Gasteiger partial charge in [-0.15, -0.1) is 0 Å². The number of halogens is 1. The van der Waals surface area contributed by atoms with Crippen molar-refractivity contribution in [3.63, 3.8) is 0 Å². The number of nitrogens with zero attached hydrogens (tertiary/aromatic N) is 1. The fraction of sp³-hybridized carbons (Fsp3) is 0.462. The number of hydrogen-bond donors (Lipinski definition) is 0. The molecule has 1 aliphatic rings. The van der Waals surface area contributed by atoms with Crippen molar-refractivity contribution in [1.29, 1.82) is 0 Å². The quantitative estimate of drug-likeness (QED) is 0.755. The maximum absolute atomic E-state index is 13.0. The average Bonchev–Trinajstić information content (AvgIpc) is 2.38. The summed E-state index contributed by atoms with van der Waals surface area (Å²) in [5.41, 5.74) is 1.20. The van der Waals surface area contributed by atoms with E-state index in [1.165, 1.54) is 12.1 Å². The predicted octanol–water partition coefficient (Wildman–Crippen LogP) is 2.25. The molecule has 0 spiro atoms. The first-order chi connectivity index (χ1) is 8.24. The standard InChI is InChI=1S/C13H16FNO2/c1-2-12-8-15(5-6-17-12)13-4-3-11(14)7-10(13)9-16/h3-4,7,9,12H,2,5-6,8H2,1H3. The first kappa shape index (κ1) is 12.0. The number of rotatable bonds is 3. The Kier molecular flexibility index (Phi) is 3.74. The number of carbonyl (C=O) groups excluding carboxylic acids is 1. The van der Waals surface area contributed by atoms with Crippen LogP contribution in [0.25, 0.3) is 0 Å². The molecule has 1 aliphatic heterocycles. The molecule has 1 unspecified atom stereocenters. The summed E-state index contributed by atoms with van der Waals surface area (Å²) in [7, 11) is 0. The number of anilines is 1. The second-order valence-corrected chi connectivity index (χ2v) is 4.17. The lowest BCUT2D eigenvalue weighted by molar-refractivity contribution is 0.0384. The van der Waals surface area contributed by atoms with E-state index in [0.717, 1.165) is 25.2 Å². The summed E-state index contributed by atoms with van der Waals surface area (Å²) in [6.07, 6.45) is 1.83. The van der Waals surface area contributed by atoms with Crippen molar-refractivity contribution in [2.24, 2.45) is 0 Å². The van der Waals surface area contributed by atoms with Gasteiger partial charge in [-0.2, -0.15) is 0 Å². The Balaban J connectivity index is 2.23. The minimum Gasteiger partial charge on any atom is -0.375 e. The van der Waals surface area contributed by atoms with Gasteiger partial charge >= 0.3 is 0 Å². The molecule has 0 saturated carbocycles. The van der Waals surface area contributed by atoms with E-state index in [9.17, 15) is 9.18 Å². The lowest BCUT2D eigenvalue weighted by Gasteiger charge is -2.34. The van der Waals surface area contributed by atoms with E-state index in [1.807, 2.05) is 0 Å². The highest BCUT2D eigenvalue weighted by Crippen LogP contribution is 2.23. The monoisotopic (exact) mass is 237 g/mol. The molecule has 1 fully saturated rings. The van der Waals surface area contributed by atoms with E-state index in [2.05, 4.69) is 11.8 Å². The number of carbonyl (C=O) groups is 1. The Morgan fingerprint density at radius 3 is 3.12 bits per heavy atom. The summed E-state index contributed by atoms with van der Waals surface area (Å²) in [5.74, 6) is -0.379.